The minimum Gasteiger partial charge on any atom is -0.493 e. The van der Waals surface area contributed by atoms with Crippen molar-refractivity contribution >= 4 is 5.97 Å². The molecule has 0 aliphatic heterocycles. The number of carboxylic acid groups (broad SMARTS) is 1. The van der Waals surface area contributed by atoms with Gasteiger partial charge in [0.2, 0.25) is 5.82 Å². The Balaban J connectivity index is 1.66. The molecule has 1 heterocycles. The summed E-state index contributed by atoms with van der Waals surface area (Å²) in [5, 5.41) is 13.2. The van der Waals surface area contributed by atoms with Gasteiger partial charge in [-0.1, -0.05) is 38.3 Å². The van der Waals surface area contributed by atoms with Gasteiger partial charge in [0.05, 0.1) is 12.2 Å². The molecular weight excluding hydrogens is 392 g/mol. The Morgan fingerprint density at radius 1 is 1.10 bits per heavy atom. The molecule has 3 aromatic rings. The van der Waals surface area contributed by atoms with Crippen LogP contribution in [0.4, 0.5) is 0 Å². The van der Waals surface area contributed by atoms with Gasteiger partial charge in [-0.2, -0.15) is 4.98 Å². The van der Waals surface area contributed by atoms with Gasteiger partial charge in [-0.3, -0.25) is 0 Å². The van der Waals surface area contributed by atoms with Gasteiger partial charge in [0.1, 0.15) is 5.75 Å². The molecule has 0 radical (unpaired) electrons. The smallest absolute Gasteiger partial charge is 0.335 e. The zero-order valence-electron chi connectivity index (χ0n) is 18.1. The van der Waals surface area contributed by atoms with Crippen molar-refractivity contribution in [3.8, 4) is 28.6 Å². The van der Waals surface area contributed by atoms with Gasteiger partial charge in [0.25, 0.3) is 5.89 Å². The predicted molar refractivity (Wildman–Crippen MR) is 118 cm³/mol. The molecule has 31 heavy (non-hydrogen) atoms. The van der Waals surface area contributed by atoms with Crippen LogP contribution < -0.4 is 4.74 Å². The summed E-state index contributed by atoms with van der Waals surface area (Å²) in [6.07, 6.45) is 7.00. The summed E-state index contributed by atoms with van der Waals surface area (Å²) in [5.74, 6) is 0.860. The standard InChI is InChI=1S/C25H28N2O4/c1-3-15-30-21-12-11-19(16-20(21)25(2)13-5-4-6-14-25)22-26-23(31-27-22)17-7-9-18(10-8-17)24(28)29/h7-12,16H,3-6,13-15H2,1-2H3,(H,28,29). The average molecular weight is 421 g/mol. The van der Waals surface area contributed by atoms with Gasteiger partial charge >= 0.3 is 5.97 Å². The molecule has 6 heteroatoms. The van der Waals surface area contributed by atoms with E-state index in [2.05, 4.69) is 30.1 Å². The summed E-state index contributed by atoms with van der Waals surface area (Å²) < 4.78 is 11.6. The van der Waals surface area contributed by atoms with Gasteiger partial charge in [-0.15, -0.1) is 0 Å². The fourth-order valence-corrected chi connectivity index (χ4v) is 4.29. The summed E-state index contributed by atoms with van der Waals surface area (Å²) in [6.45, 7) is 5.14. The van der Waals surface area contributed by atoms with Gasteiger partial charge in [-0.25, -0.2) is 4.79 Å². The minimum absolute atomic E-state index is 0.0799. The fraction of sp³-hybridized carbons (Fsp3) is 0.400. The SMILES string of the molecule is CCCOc1ccc(-c2noc(-c3ccc(C(=O)O)cc3)n2)cc1C1(C)CCCCC1. The lowest BCUT2D eigenvalue weighted by molar-refractivity contribution is 0.0697. The number of aromatic carboxylic acids is 1. The first-order chi connectivity index (χ1) is 15.0. The molecule has 6 nitrogen and oxygen atoms in total. The number of ether oxygens (including phenoxy) is 1. The number of hydrogen-bond donors (Lipinski definition) is 1. The van der Waals surface area contributed by atoms with Crippen molar-refractivity contribution in [2.24, 2.45) is 0 Å². The number of hydrogen-bond acceptors (Lipinski definition) is 5. The van der Waals surface area contributed by atoms with E-state index in [0.29, 0.717) is 23.9 Å². The zero-order chi connectivity index (χ0) is 21.8. The predicted octanol–water partition coefficient (Wildman–Crippen LogP) is 6.11. The highest BCUT2D eigenvalue weighted by molar-refractivity contribution is 5.88. The quantitative estimate of drug-likeness (QED) is 0.496. The van der Waals surface area contributed by atoms with Crippen molar-refractivity contribution < 1.29 is 19.2 Å². The lowest BCUT2D eigenvalue weighted by Crippen LogP contribution is -2.26. The van der Waals surface area contributed by atoms with E-state index in [9.17, 15) is 4.79 Å². The number of carbonyl (C=O) groups is 1. The zero-order valence-corrected chi connectivity index (χ0v) is 18.1. The van der Waals surface area contributed by atoms with Crippen LogP contribution in [-0.4, -0.2) is 27.8 Å². The summed E-state index contributed by atoms with van der Waals surface area (Å²) in [4.78, 5) is 15.6. The first-order valence-corrected chi connectivity index (χ1v) is 11.0. The third-order valence-corrected chi connectivity index (χ3v) is 6.11. The van der Waals surface area contributed by atoms with E-state index in [1.165, 1.54) is 37.0 Å². The molecule has 1 saturated carbocycles. The van der Waals surface area contributed by atoms with Crippen molar-refractivity contribution in [3.63, 3.8) is 0 Å². The van der Waals surface area contributed by atoms with E-state index >= 15 is 0 Å². The number of carboxylic acids is 1. The van der Waals surface area contributed by atoms with Crippen LogP contribution in [0.15, 0.2) is 47.0 Å². The summed E-state index contributed by atoms with van der Waals surface area (Å²) >= 11 is 0. The van der Waals surface area contributed by atoms with Crippen LogP contribution in [-0.2, 0) is 5.41 Å². The summed E-state index contributed by atoms with van der Waals surface area (Å²) in [7, 11) is 0. The van der Waals surface area contributed by atoms with Crippen molar-refractivity contribution in [1.29, 1.82) is 0 Å². The number of benzene rings is 2. The fourth-order valence-electron chi connectivity index (χ4n) is 4.29. The van der Waals surface area contributed by atoms with E-state index in [1.807, 2.05) is 12.1 Å². The topological polar surface area (TPSA) is 85.5 Å². The maximum absolute atomic E-state index is 11.1. The number of nitrogens with zero attached hydrogens (tertiary/aromatic N) is 2. The lowest BCUT2D eigenvalue weighted by atomic mass is 9.70. The highest BCUT2D eigenvalue weighted by atomic mass is 16.5. The van der Waals surface area contributed by atoms with Gasteiger partial charge in [0.15, 0.2) is 0 Å². The van der Waals surface area contributed by atoms with Crippen LogP contribution in [0.25, 0.3) is 22.8 Å². The molecule has 1 aliphatic carbocycles. The monoisotopic (exact) mass is 420 g/mol. The highest BCUT2D eigenvalue weighted by Gasteiger charge is 2.32. The molecule has 0 saturated heterocycles. The Kier molecular flexibility index (Phi) is 6.07. The Morgan fingerprint density at radius 2 is 1.81 bits per heavy atom. The first-order valence-electron chi connectivity index (χ1n) is 11.0. The van der Waals surface area contributed by atoms with Crippen molar-refractivity contribution in [2.45, 2.75) is 57.8 Å². The first kappa shape index (κ1) is 21.1. The molecule has 4 rings (SSSR count). The Hall–Kier alpha value is -3.15. The second kappa shape index (κ2) is 8.92. The van der Waals surface area contributed by atoms with Crippen LogP contribution in [0.5, 0.6) is 5.75 Å². The second-order valence-electron chi connectivity index (χ2n) is 8.49. The molecule has 0 atom stereocenters. The Labute approximate surface area is 182 Å². The van der Waals surface area contributed by atoms with Crippen LogP contribution in [0, 0.1) is 0 Å². The van der Waals surface area contributed by atoms with Crippen LogP contribution >= 0.6 is 0 Å². The molecule has 0 spiro atoms. The molecule has 162 valence electrons. The Morgan fingerprint density at radius 3 is 2.48 bits per heavy atom. The van der Waals surface area contributed by atoms with Gasteiger partial charge < -0.3 is 14.4 Å². The van der Waals surface area contributed by atoms with E-state index in [1.54, 1.807) is 12.1 Å². The van der Waals surface area contributed by atoms with E-state index in [0.717, 1.165) is 30.6 Å². The van der Waals surface area contributed by atoms with Crippen molar-refractivity contribution in [2.75, 3.05) is 6.61 Å². The molecule has 1 fully saturated rings. The van der Waals surface area contributed by atoms with Crippen LogP contribution in [0.2, 0.25) is 0 Å². The molecule has 2 aromatic carbocycles. The van der Waals surface area contributed by atoms with Crippen LogP contribution in [0.1, 0.15) is 68.3 Å². The van der Waals surface area contributed by atoms with Crippen molar-refractivity contribution in [1.82, 2.24) is 10.1 Å². The van der Waals surface area contributed by atoms with E-state index in [-0.39, 0.29) is 11.0 Å². The van der Waals surface area contributed by atoms with Crippen molar-refractivity contribution in [3.05, 3.63) is 53.6 Å². The molecule has 0 bridgehead atoms. The lowest BCUT2D eigenvalue weighted by Gasteiger charge is -2.35. The molecule has 0 unspecified atom stereocenters. The molecule has 1 N–H and O–H groups in total. The largest absolute Gasteiger partial charge is 0.493 e. The Bertz CT molecular complexity index is 1050. The van der Waals surface area contributed by atoms with Gasteiger partial charge in [0, 0.05) is 16.7 Å². The second-order valence-corrected chi connectivity index (χ2v) is 8.49. The maximum Gasteiger partial charge on any atom is 0.335 e. The third kappa shape index (κ3) is 4.48. The average Bonchev–Trinajstić information content (AvgIpc) is 3.28. The number of rotatable bonds is 7. The molecule has 1 aromatic heterocycles. The van der Waals surface area contributed by atoms with E-state index < -0.39 is 5.97 Å². The highest BCUT2D eigenvalue weighted by Crippen LogP contribution is 2.44. The molecule has 1 aliphatic rings. The molecule has 0 amide bonds. The summed E-state index contributed by atoms with van der Waals surface area (Å²) in [5.41, 5.74) is 3.09. The minimum atomic E-state index is -0.966. The molecular formula is C25H28N2O4. The summed E-state index contributed by atoms with van der Waals surface area (Å²) in [6, 6.07) is 12.6. The normalized spacial score (nSPS) is 15.5. The van der Waals surface area contributed by atoms with Gasteiger partial charge in [-0.05, 0) is 67.1 Å². The maximum atomic E-state index is 11.1. The third-order valence-electron chi connectivity index (χ3n) is 6.11. The number of aromatic nitrogens is 2. The van der Waals surface area contributed by atoms with Crippen LogP contribution in [0.3, 0.4) is 0 Å². The van der Waals surface area contributed by atoms with E-state index in [4.69, 9.17) is 14.4 Å².